The first-order valence-electron chi connectivity index (χ1n) is 7.69. The maximum atomic E-state index is 14.1. The minimum Gasteiger partial charge on any atom is -0.368 e. The van der Waals surface area contributed by atoms with E-state index in [9.17, 15) is 4.39 Å². The first-order valence-corrected chi connectivity index (χ1v) is 7.69. The second kappa shape index (κ2) is 7.13. The zero-order valence-corrected chi connectivity index (χ0v) is 13.5. The first kappa shape index (κ1) is 16.1. The van der Waals surface area contributed by atoms with Gasteiger partial charge in [0.2, 0.25) is 0 Å². The van der Waals surface area contributed by atoms with Crippen molar-refractivity contribution >= 4 is 5.82 Å². The lowest BCUT2D eigenvalue weighted by Gasteiger charge is -2.26. The van der Waals surface area contributed by atoms with Gasteiger partial charge in [-0.2, -0.15) is 0 Å². The first-order chi connectivity index (χ1) is 10.0. The number of aryl methyl sites for hydroxylation is 1. The van der Waals surface area contributed by atoms with E-state index in [1.54, 1.807) is 6.92 Å². The molecule has 5 nitrogen and oxygen atoms in total. The third-order valence-electron chi connectivity index (χ3n) is 3.94. The number of nitrogens with one attached hydrogen (secondary N) is 1. The Kier molecular flexibility index (Phi) is 5.47. The van der Waals surface area contributed by atoms with Gasteiger partial charge in [0.25, 0.3) is 0 Å². The molecule has 1 aliphatic heterocycles. The van der Waals surface area contributed by atoms with Crippen LogP contribution in [0.5, 0.6) is 0 Å². The molecule has 1 saturated heterocycles. The van der Waals surface area contributed by atoms with Crippen LogP contribution in [-0.4, -0.2) is 60.0 Å². The lowest BCUT2D eigenvalue weighted by Crippen LogP contribution is -2.32. The standard InChI is InChI=1S/C15H26FN5/c1-5-7-17-15-13(16)11(2)18-14(19-15)12-10-20(3)8-6-9-21(12)4/h12H,5-10H2,1-4H3,(H,17,18,19). The number of anilines is 1. The summed E-state index contributed by atoms with van der Waals surface area (Å²) < 4.78 is 14.1. The summed E-state index contributed by atoms with van der Waals surface area (Å²) in [6.45, 7) is 7.42. The second-order valence-corrected chi connectivity index (χ2v) is 5.87. The molecular weight excluding hydrogens is 269 g/mol. The van der Waals surface area contributed by atoms with Crippen LogP contribution in [0.25, 0.3) is 0 Å². The fourth-order valence-corrected chi connectivity index (χ4v) is 2.64. The molecule has 118 valence electrons. The van der Waals surface area contributed by atoms with Crippen molar-refractivity contribution in [2.45, 2.75) is 32.7 Å². The number of nitrogens with zero attached hydrogens (tertiary/aromatic N) is 4. The summed E-state index contributed by atoms with van der Waals surface area (Å²) in [6, 6.07) is 0.110. The van der Waals surface area contributed by atoms with Crippen molar-refractivity contribution in [3.05, 3.63) is 17.3 Å². The largest absolute Gasteiger partial charge is 0.368 e. The highest BCUT2D eigenvalue weighted by Gasteiger charge is 2.26. The number of likely N-dealkylation sites (N-methyl/N-ethyl adjacent to an activating group) is 2. The van der Waals surface area contributed by atoms with Crippen LogP contribution in [0.4, 0.5) is 10.2 Å². The lowest BCUT2D eigenvalue weighted by atomic mass is 10.2. The molecule has 1 aromatic heterocycles. The smallest absolute Gasteiger partial charge is 0.186 e. The van der Waals surface area contributed by atoms with Gasteiger partial charge in [0.1, 0.15) is 5.82 Å². The van der Waals surface area contributed by atoms with Gasteiger partial charge in [-0.05, 0) is 47.0 Å². The van der Waals surface area contributed by atoms with E-state index in [2.05, 4.69) is 39.2 Å². The summed E-state index contributed by atoms with van der Waals surface area (Å²) >= 11 is 0. The van der Waals surface area contributed by atoms with Gasteiger partial charge in [0, 0.05) is 13.1 Å². The van der Waals surface area contributed by atoms with E-state index in [-0.39, 0.29) is 11.9 Å². The molecule has 2 heterocycles. The topological polar surface area (TPSA) is 44.3 Å². The quantitative estimate of drug-likeness (QED) is 0.921. The summed E-state index contributed by atoms with van der Waals surface area (Å²) in [7, 11) is 4.20. The molecule has 0 aromatic carbocycles. The summed E-state index contributed by atoms with van der Waals surface area (Å²) in [5.74, 6) is 0.709. The third kappa shape index (κ3) is 3.89. The van der Waals surface area contributed by atoms with Gasteiger partial charge in [-0.1, -0.05) is 6.92 Å². The zero-order chi connectivity index (χ0) is 15.4. The van der Waals surface area contributed by atoms with Gasteiger partial charge in [-0.25, -0.2) is 14.4 Å². The molecule has 0 amide bonds. The maximum Gasteiger partial charge on any atom is 0.186 e. The normalized spacial score (nSPS) is 21.3. The SMILES string of the molecule is CCCNc1nc(C2CN(C)CCCN2C)nc(C)c1F. The van der Waals surface area contributed by atoms with Gasteiger partial charge in [0.15, 0.2) is 11.6 Å². The molecule has 1 unspecified atom stereocenters. The van der Waals surface area contributed by atoms with E-state index in [0.29, 0.717) is 23.9 Å². The summed E-state index contributed by atoms with van der Waals surface area (Å²) in [6.07, 6.45) is 2.06. The van der Waals surface area contributed by atoms with Crippen molar-refractivity contribution < 1.29 is 4.39 Å². The number of halogens is 1. The summed E-state index contributed by atoms with van der Waals surface area (Å²) in [5.41, 5.74) is 0.416. The fraction of sp³-hybridized carbons (Fsp3) is 0.733. The number of aromatic nitrogens is 2. The highest BCUT2D eigenvalue weighted by Crippen LogP contribution is 2.23. The van der Waals surface area contributed by atoms with Crippen LogP contribution < -0.4 is 5.32 Å². The summed E-state index contributed by atoms with van der Waals surface area (Å²) in [5, 5.41) is 3.07. The highest BCUT2D eigenvalue weighted by molar-refractivity contribution is 5.38. The van der Waals surface area contributed by atoms with Gasteiger partial charge in [-0.3, -0.25) is 4.90 Å². The van der Waals surface area contributed by atoms with Crippen molar-refractivity contribution in [1.29, 1.82) is 0 Å². The molecule has 1 atom stereocenters. The van der Waals surface area contributed by atoms with Crippen molar-refractivity contribution in [3.63, 3.8) is 0 Å². The number of hydrogen-bond donors (Lipinski definition) is 1. The monoisotopic (exact) mass is 295 g/mol. The molecule has 1 N–H and O–H groups in total. The Morgan fingerprint density at radius 3 is 2.76 bits per heavy atom. The minimum atomic E-state index is -0.336. The van der Waals surface area contributed by atoms with Gasteiger partial charge in [-0.15, -0.1) is 0 Å². The molecule has 0 aliphatic carbocycles. The third-order valence-corrected chi connectivity index (χ3v) is 3.94. The van der Waals surface area contributed by atoms with Crippen LogP contribution in [0.3, 0.4) is 0 Å². The van der Waals surface area contributed by atoms with Crippen LogP contribution in [0.15, 0.2) is 0 Å². The van der Waals surface area contributed by atoms with Gasteiger partial charge >= 0.3 is 0 Å². The van der Waals surface area contributed by atoms with Crippen molar-refractivity contribution in [2.75, 3.05) is 45.6 Å². The van der Waals surface area contributed by atoms with E-state index in [0.717, 1.165) is 32.5 Å². The maximum absolute atomic E-state index is 14.1. The average molecular weight is 295 g/mol. The van der Waals surface area contributed by atoms with Crippen molar-refractivity contribution in [2.24, 2.45) is 0 Å². The molecule has 2 rings (SSSR count). The Morgan fingerprint density at radius 2 is 2.05 bits per heavy atom. The Balaban J connectivity index is 2.30. The zero-order valence-electron chi connectivity index (χ0n) is 13.5. The Labute approximate surface area is 126 Å². The van der Waals surface area contributed by atoms with Crippen LogP contribution in [0, 0.1) is 12.7 Å². The fourth-order valence-electron chi connectivity index (χ4n) is 2.64. The second-order valence-electron chi connectivity index (χ2n) is 5.87. The van der Waals surface area contributed by atoms with Crippen LogP contribution in [-0.2, 0) is 0 Å². The number of hydrogen-bond acceptors (Lipinski definition) is 5. The predicted molar refractivity (Wildman–Crippen MR) is 83.0 cm³/mol. The van der Waals surface area contributed by atoms with Crippen molar-refractivity contribution in [1.82, 2.24) is 19.8 Å². The molecular formula is C15H26FN5. The summed E-state index contributed by atoms with van der Waals surface area (Å²) in [4.78, 5) is 13.4. The van der Waals surface area contributed by atoms with Crippen LogP contribution in [0.1, 0.15) is 37.3 Å². The molecule has 0 spiro atoms. The molecule has 6 heteroatoms. The molecule has 1 fully saturated rings. The number of rotatable bonds is 4. The van der Waals surface area contributed by atoms with Gasteiger partial charge < -0.3 is 10.2 Å². The van der Waals surface area contributed by atoms with Crippen LogP contribution >= 0.6 is 0 Å². The molecule has 0 saturated carbocycles. The van der Waals surface area contributed by atoms with Crippen LogP contribution in [0.2, 0.25) is 0 Å². The van der Waals surface area contributed by atoms with E-state index < -0.39 is 0 Å². The predicted octanol–water partition coefficient (Wildman–Crippen LogP) is 2.05. The van der Waals surface area contributed by atoms with E-state index in [4.69, 9.17) is 0 Å². The van der Waals surface area contributed by atoms with E-state index in [1.165, 1.54) is 0 Å². The van der Waals surface area contributed by atoms with E-state index in [1.807, 2.05) is 6.92 Å². The Bertz CT molecular complexity index is 479. The molecule has 21 heavy (non-hydrogen) atoms. The van der Waals surface area contributed by atoms with Crippen molar-refractivity contribution in [3.8, 4) is 0 Å². The minimum absolute atomic E-state index is 0.110. The van der Waals surface area contributed by atoms with Gasteiger partial charge in [0.05, 0.1) is 11.7 Å². The molecule has 0 bridgehead atoms. The Morgan fingerprint density at radius 1 is 1.29 bits per heavy atom. The lowest BCUT2D eigenvalue weighted by molar-refractivity contribution is 0.219. The molecule has 0 radical (unpaired) electrons. The average Bonchev–Trinajstić information content (AvgIpc) is 2.62. The molecule has 1 aromatic rings. The highest BCUT2D eigenvalue weighted by atomic mass is 19.1. The molecule has 1 aliphatic rings. The van der Waals surface area contributed by atoms with E-state index >= 15 is 0 Å². The Hall–Kier alpha value is -1.27.